The van der Waals surface area contributed by atoms with Crippen molar-refractivity contribution in [2.24, 2.45) is 5.92 Å². The highest BCUT2D eigenvalue weighted by Gasteiger charge is 2.07. The lowest BCUT2D eigenvalue weighted by atomic mass is 10.1. The molecular formula is C13H17BrN2. The van der Waals surface area contributed by atoms with Gasteiger partial charge in [0.2, 0.25) is 0 Å². The predicted molar refractivity (Wildman–Crippen MR) is 72.2 cm³/mol. The van der Waals surface area contributed by atoms with Crippen molar-refractivity contribution in [3.63, 3.8) is 0 Å². The summed E-state index contributed by atoms with van der Waals surface area (Å²) in [6.07, 6.45) is 1.95. The maximum atomic E-state index is 4.46. The molecule has 1 aromatic heterocycles. The minimum absolute atomic E-state index is 0.624. The van der Waals surface area contributed by atoms with Crippen LogP contribution in [0.25, 0.3) is 11.0 Å². The van der Waals surface area contributed by atoms with E-state index >= 15 is 0 Å². The molecule has 0 saturated heterocycles. The second kappa shape index (κ2) is 4.58. The molecule has 1 atom stereocenters. The third-order valence-corrected chi connectivity index (χ3v) is 4.11. The zero-order chi connectivity index (χ0) is 11.7. The molecule has 2 aromatic rings. The van der Waals surface area contributed by atoms with Crippen LogP contribution in [0.15, 0.2) is 18.5 Å². The summed E-state index contributed by atoms with van der Waals surface area (Å²) in [5.41, 5.74) is 4.99. The summed E-state index contributed by atoms with van der Waals surface area (Å²) in [5.74, 6) is 0.624. The third-order valence-electron chi connectivity index (χ3n) is 3.01. The molecule has 86 valence electrons. The lowest BCUT2D eigenvalue weighted by Crippen LogP contribution is -2.07. The Balaban J connectivity index is 2.44. The van der Waals surface area contributed by atoms with E-state index in [1.807, 2.05) is 6.33 Å². The van der Waals surface area contributed by atoms with Gasteiger partial charge in [-0.05, 0) is 43.0 Å². The molecule has 0 bridgehead atoms. The molecule has 0 radical (unpaired) electrons. The summed E-state index contributed by atoms with van der Waals surface area (Å²) in [4.78, 5) is 4.46. The Morgan fingerprint density at radius 2 is 2.00 bits per heavy atom. The molecule has 0 saturated carbocycles. The number of halogens is 1. The van der Waals surface area contributed by atoms with E-state index in [4.69, 9.17) is 0 Å². The minimum atomic E-state index is 0.624. The Morgan fingerprint density at radius 3 is 2.69 bits per heavy atom. The molecule has 0 aliphatic carbocycles. The third kappa shape index (κ3) is 2.14. The molecule has 0 N–H and O–H groups in total. The SMILES string of the molecule is Cc1cc2ncn(CC(C)CBr)c2cc1C. The van der Waals surface area contributed by atoms with E-state index in [1.165, 1.54) is 16.6 Å². The first kappa shape index (κ1) is 11.6. The van der Waals surface area contributed by atoms with Gasteiger partial charge in [0.25, 0.3) is 0 Å². The van der Waals surface area contributed by atoms with Gasteiger partial charge in [-0.25, -0.2) is 4.98 Å². The normalized spacial score (nSPS) is 13.2. The van der Waals surface area contributed by atoms with Crippen LogP contribution in [-0.2, 0) is 6.54 Å². The zero-order valence-electron chi connectivity index (χ0n) is 10.00. The van der Waals surface area contributed by atoms with Crippen LogP contribution in [-0.4, -0.2) is 14.9 Å². The van der Waals surface area contributed by atoms with Gasteiger partial charge in [-0.2, -0.15) is 0 Å². The number of alkyl halides is 1. The van der Waals surface area contributed by atoms with Crippen molar-refractivity contribution in [2.45, 2.75) is 27.3 Å². The van der Waals surface area contributed by atoms with E-state index in [-0.39, 0.29) is 0 Å². The van der Waals surface area contributed by atoms with E-state index < -0.39 is 0 Å². The standard InChI is InChI=1S/C13H17BrN2/c1-9(6-14)7-16-8-15-12-4-10(2)11(3)5-13(12)16/h4-5,8-9H,6-7H2,1-3H3. The highest BCUT2D eigenvalue weighted by atomic mass is 79.9. The molecule has 1 heterocycles. The largest absolute Gasteiger partial charge is 0.330 e. The van der Waals surface area contributed by atoms with Crippen LogP contribution in [0.3, 0.4) is 0 Å². The molecule has 1 unspecified atom stereocenters. The monoisotopic (exact) mass is 280 g/mol. The summed E-state index contributed by atoms with van der Waals surface area (Å²) in [7, 11) is 0. The van der Waals surface area contributed by atoms with E-state index in [2.05, 4.69) is 58.4 Å². The number of nitrogens with zero attached hydrogens (tertiary/aromatic N) is 2. The van der Waals surface area contributed by atoms with Gasteiger partial charge in [0.05, 0.1) is 17.4 Å². The number of hydrogen-bond acceptors (Lipinski definition) is 1. The number of imidazole rings is 1. The molecule has 0 amide bonds. The number of aromatic nitrogens is 2. The molecule has 3 heteroatoms. The Bertz CT molecular complexity index is 502. The van der Waals surface area contributed by atoms with Gasteiger partial charge in [0.1, 0.15) is 0 Å². The fourth-order valence-corrected chi connectivity index (χ4v) is 2.05. The number of hydrogen-bond donors (Lipinski definition) is 0. The Hall–Kier alpha value is -0.830. The maximum absolute atomic E-state index is 4.46. The van der Waals surface area contributed by atoms with Gasteiger partial charge < -0.3 is 4.57 Å². The first-order chi connectivity index (χ1) is 7.61. The lowest BCUT2D eigenvalue weighted by Gasteiger charge is -2.10. The summed E-state index contributed by atoms with van der Waals surface area (Å²) in [6, 6.07) is 4.40. The highest BCUT2D eigenvalue weighted by molar-refractivity contribution is 9.09. The second-order valence-electron chi connectivity index (χ2n) is 4.58. The molecule has 0 aliphatic rings. The molecule has 1 aromatic carbocycles. The number of aryl methyl sites for hydroxylation is 2. The van der Waals surface area contributed by atoms with Crippen molar-refractivity contribution in [1.29, 1.82) is 0 Å². The van der Waals surface area contributed by atoms with E-state index in [9.17, 15) is 0 Å². The van der Waals surface area contributed by atoms with Crippen LogP contribution in [0, 0.1) is 19.8 Å². The average molecular weight is 281 g/mol. The van der Waals surface area contributed by atoms with Crippen LogP contribution in [0.5, 0.6) is 0 Å². The molecule has 0 aliphatic heterocycles. The van der Waals surface area contributed by atoms with Gasteiger partial charge in [0, 0.05) is 11.9 Å². The van der Waals surface area contributed by atoms with Crippen molar-refractivity contribution in [2.75, 3.05) is 5.33 Å². The van der Waals surface area contributed by atoms with Crippen LogP contribution in [0.4, 0.5) is 0 Å². The molecular weight excluding hydrogens is 264 g/mol. The van der Waals surface area contributed by atoms with Crippen LogP contribution in [0.1, 0.15) is 18.1 Å². The van der Waals surface area contributed by atoms with Crippen LogP contribution >= 0.6 is 15.9 Å². The van der Waals surface area contributed by atoms with Gasteiger partial charge in [0.15, 0.2) is 0 Å². The quantitative estimate of drug-likeness (QED) is 0.785. The number of fused-ring (bicyclic) bond motifs is 1. The van der Waals surface area contributed by atoms with Crippen molar-refractivity contribution in [3.05, 3.63) is 29.6 Å². The predicted octanol–water partition coefficient (Wildman–Crippen LogP) is 3.68. The van der Waals surface area contributed by atoms with E-state index in [0.29, 0.717) is 5.92 Å². The summed E-state index contributed by atoms with van der Waals surface area (Å²) < 4.78 is 2.24. The molecule has 2 rings (SSSR count). The van der Waals surface area contributed by atoms with Crippen LogP contribution < -0.4 is 0 Å². The first-order valence-electron chi connectivity index (χ1n) is 5.60. The average Bonchev–Trinajstić information content (AvgIpc) is 2.62. The zero-order valence-corrected chi connectivity index (χ0v) is 11.6. The van der Waals surface area contributed by atoms with E-state index in [1.54, 1.807) is 0 Å². The molecule has 0 spiro atoms. The Morgan fingerprint density at radius 1 is 1.31 bits per heavy atom. The summed E-state index contributed by atoms with van der Waals surface area (Å²) >= 11 is 3.52. The van der Waals surface area contributed by atoms with Crippen molar-refractivity contribution < 1.29 is 0 Å². The summed E-state index contributed by atoms with van der Waals surface area (Å²) in [5, 5.41) is 1.03. The van der Waals surface area contributed by atoms with Gasteiger partial charge in [-0.3, -0.25) is 0 Å². The number of benzene rings is 1. The highest BCUT2D eigenvalue weighted by Crippen LogP contribution is 2.19. The van der Waals surface area contributed by atoms with Crippen molar-refractivity contribution >= 4 is 27.0 Å². The molecule has 0 fully saturated rings. The van der Waals surface area contributed by atoms with E-state index in [0.717, 1.165) is 17.4 Å². The van der Waals surface area contributed by atoms with Crippen molar-refractivity contribution in [3.8, 4) is 0 Å². The fourth-order valence-electron chi connectivity index (χ4n) is 1.84. The maximum Gasteiger partial charge on any atom is 0.0958 e. The second-order valence-corrected chi connectivity index (χ2v) is 5.23. The minimum Gasteiger partial charge on any atom is -0.330 e. The Labute approximate surface area is 105 Å². The van der Waals surface area contributed by atoms with Gasteiger partial charge >= 0.3 is 0 Å². The molecule has 16 heavy (non-hydrogen) atoms. The van der Waals surface area contributed by atoms with Gasteiger partial charge in [-0.15, -0.1) is 0 Å². The fraction of sp³-hybridized carbons (Fsp3) is 0.462. The summed E-state index contributed by atoms with van der Waals surface area (Å²) in [6.45, 7) is 7.54. The lowest BCUT2D eigenvalue weighted by molar-refractivity contribution is 0.543. The first-order valence-corrected chi connectivity index (χ1v) is 6.72. The smallest absolute Gasteiger partial charge is 0.0958 e. The topological polar surface area (TPSA) is 17.8 Å². The van der Waals surface area contributed by atoms with Gasteiger partial charge in [-0.1, -0.05) is 22.9 Å². The van der Waals surface area contributed by atoms with Crippen LogP contribution in [0.2, 0.25) is 0 Å². The number of rotatable bonds is 3. The van der Waals surface area contributed by atoms with Crippen molar-refractivity contribution in [1.82, 2.24) is 9.55 Å². The Kier molecular flexibility index (Phi) is 3.33. The molecule has 2 nitrogen and oxygen atoms in total.